The smallest absolute Gasteiger partial charge is 0.317 e. The fraction of sp³-hybridized carbons (Fsp3) is 0.452. The van der Waals surface area contributed by atoms with Gasteiger partial charge in [0.1, 0.15) is 17.7 Å². The zero-order valence-corrected chi connectivity index (χ0v) is 29.9. The van der Waals surface area contributed by atoms with Crippen LogP contribution < -0.4 is 15.4 Å². The highest BCUT2D eigenvalue weighted by Gasteiger charge is 2.37. The van der Waals surface area contributed by atoms with Gasteiger partial charge in [0.2, 0.25) is 0 Å². The Morgan fingerprint density at radius 2 is 1.64 bits per heavy atom. The number of hydrogen-bond donors (Lipinski definition) is 3. The van der Waals surface area contributed by atoms with Gasteiger partial charge in [0, 0.05) is 68.7 Å². The molecule has 2 aliphatic heterocycles. The summed E-state index contributed by atoms with van der Waals surface area (Å²) in [5, 5.41) is 16.6. The van der Waals surface area contributed by atoms with Crippen LogP contribution in [-0.4, -0.2) is 83.7 Å². The lowest BCUT2D eigenvalue weighted by atomic mass is 9.87. The first kappa shape index (κ1) is 35.6. The van der Waals surface area contributed by atoms with Gasteiger partial charge in [-0.2, -0.15) is 0 Å². The van der Waals surface area contributed by atoms with Gasteiger partial charge in [-0.25, -0.2) is 0 Å². The molecule has 3 aliphatic rings. The van der Waals surface area contributed by atoms with Gasteiger partial charge in [-0.1, -0.05) is 67.4 Å². The minimum Gasteiger partial charge on any atom is -0.489 e. The third-order valence-corrected chi connectivity index (χ3v) is 10.4. The molecule has 50 heavy (non-hydrogen) atoms. The van der Waals surface area contributed by atoms with Crippen LogP contribution in [0.5, 0.6) is 5.75 Å². The molecule has 0 spiro atoms. The van der Waals surface area contributed by atoms with Crippen molar-refractivity contribution in [1.82, 2.24) is 14.7 Å². The lowest BCUT2D eigenvalue weighted by Gasteiger charge is -2.39. The molecule has 2 atom stereocenters. The maximum Gasteiger partial charge on any atom is 0.317 e. The van der Waals surface area contributed by atoms with Crippen molar-refractivity contribution in [3.8, 4) is 5.75 Å². The summed E-state index contributed by atoms with van der Waals surface area (Å²) in [5.74, 6) is 1.21. The number of benzene rings is 3. The number of ether oxygens (including phenoxy) is 1. The Kier molecular flexibility index (Phi) is 12.5. The Hall–Kier alpha value is -4.27. The van der Waals surface area contributed by atoms with E-state index in [1.54, 1.807) is 5.57 Å². The van der Waals surface area contributed by atoms with E-state index in [0.29, 0.717) is 6.04 Å². The first-order valence-corrected chi connectivity index (χ1v) is 18.7. The Morgan fingerprint density at radius 3 is 2.32 bits per heavy atom. The van der Waals surface area contributed by atoms with Gasteiger partial charge in [0.25, 0.3) is 0 Å². The minimum absolute atomic E-state index is 0.122. The molecule has 8 heteroatoms. The monoisotopic (exact) mass is 677 g/mol. The summed E-state index contributed by atoms with van der Waals surface area (Å²) in [6.07, 6.45) is 11.2. The standard InChI is InChI=1S/C42H55N5O3/c1-3-4-6-18-41(44-39-17-10-9-12-32(39)2)43-35-21-19-33(20-22-35)27-40(34-13-11-14-34)47-30-38(50-37-15-7-5-8-16-37)28-36(47)29-45-23-25-46(26-24-45)31-42(48)49/h5,7-10,12,15-22,36,38,43-44H,3-4,6,11,13-14,23-31H2,1-2H3,(H,48,49)/b41-18+. The van der Waals surface area contributed by atoms with Crippen molar-refractivity contribution in [2.75, 3.05) is 56.4 Å². The summed E-state index contributed by atoms with van der Waals surface area (Å²) in [5.41, 5.74) is 7.81. The molecule has 266 valence electrons. The molecular weight excluding hydrogens is 622 g/mol. The fourth-order valence-electron chi connectivity index (χ4n) is 7.34. The quantitative estimate of drug-likeness (QED) is 0.133. The number of nitrogens with one attached hydrogen (secondary N) is 2. The van der Waals surface area contributed by atoms with Crippen LogP contribution in [-0.2, 0) is 11.2 Å². The van der Waals surface area contributed by atoms with Gasteiger partial charge in [-0.3, -0.25) is 14.6 Å². The van der Waals surface area contributed by atoms with Crippen LogP contribution in [0.25, 0.3) is 0 Å². The molecule has 3 aromatic carbocycles. The van der Waals surface area contributed by atoms with E-state index in [-0.39, 0.29) is 12.6 Å². The number of para-hydroxylation sites is 2. The predicted molar refractivity (Wildman–Crippen MR) is 204 cm³/mol. The molecule has 0 radical (unpaired) electrons. The second-order valence-corrected chi connectivity index (χ2v) is 14.2. The van der Waals surface area contributed by atoms with Gasteiger partial charge in [-0.05, 0) is 86.6 Å². The summed E-state index contributed by atoms with van der Waals surface area (Å²) < 4.78 is 6.58. The third-order valence-electron chi connectivity index (χ3n) is 10.4. The summed E-state index contributed by atoms with van der Waals surface area (Å²) in [6.45, 7) is 9.74. The van der Waals surface area contributed by atoms with E-state index >= 15 is 0 Å². The SMILES string of the molecule is CCCC/C=C(\Nc1ccc(CC(=C2CCC2)N2CC(Oc3ccccc3)CC2CN2CCN(CC(=O)O)CC2)cc1)Nc1ccccc1C. The maximum absolute atomic E-state index is 11.3. The second-order valence-electron chi connectivity index (χ2n) is 14.2. The van der Waals surface area contributed by atoms with Crippen LogP contribution in [0.4, 0.5) is 11.4 Å². The van der Waals surface area contributed by atoms with Crippen molar-refractivity contribution >= 4 is 17.3 Å². The van der Waals surface area contributed by atoms with Crippen LogP contribution in [0.15, 0.2) is 102 Å². The van der Waals surface area contributed by atoms with E-state index in [4.69, 9.17) is 4.74 Å². The molecule has 1 aliphatic carbocycles. The van der Waals surface area contributed by atoms with Crippen LogP contribution in [0.3, 0.4) is 0 Å². The van der Waals surface area contributed by atoms with E-state index in [0.717, 1.165) is 87.9 Å². The Balaban J connectivity index is 1.16. The zero-order valence-electron chi connectivity index (χ0n) is 29.9. The number of rotatable bonds is 16. The molecule has 0 aromatic heterocycles. The second kappa shape index (κ2) is 17.6. The molecule has 0 bridgehead atoms. The summed E-state index contributed by atoms with van der Waals surface area (Å²) in [7, 11) is 0. The van der Waals surface area contributed by atoms with E-state index < -0.39 is 5.97 Å². The molecule has 2 heterocycles. The Labute approximate surface area is 298 Å². The number of nitrogens with zero attached hydrogens (tertiary/aromatic N) is 3. The molecule has 3 N–H and O–H groups in total. The van der Waals surface area contributed by atoms with Gasteiger partial charge in [0.05, 0.1) is 13.1 Å². The highest BCUT2D eigenvalue weighted by molar-refractivity contribution is 5.69. The number of allylic oxidation sites excluding steroid dienone is 3. The number of carbonyl (C=O) groups is 1. The molecule has 2 unspecified atom stereocenters. The Bertz CT molecular complexity index is 1590. The average molecular weight is 678 g/mol. The zero-order chi connectivity index (χ0) is 34.7. The molecule has 8 nitrogen and oxygen atoms in total. The van der Waals surface area contributed by atoms with Crippen molar-refractivity contribution in [3.05, 3.63) is 113 Å². The van der Waals surface area contributed by atoms with Gasteiger partial charge in [0.15, 0.2) is 0 Å². The van der Waals surface area contributed by atoms with E-state index in [9.17, 15) is 9.90 Å². The van der Waals surface area contributed by atoms with Crippen LogP contribution in [0.2, 0.25) is 0 Å². The van der Waals surface area contributed by atoms with Crippen LogP contribution in [0, 0.1) is 6.92 Å². The van der Waals surface area contributed by atoms with Gasteiger partial charge < -0.3 is 25.4 Å². The first-order chi connectivity index (χ1) is 24.4. The molecular formula is C42H55N5O3. The lowest BCUT2D eigenvalue weighted by molar-refractivity contribution is -0.138. The number of carboxylic acid groups (broad SMARTS) is 1. The average Bonchev–Trinajstić information content (AvgIpc) is 3.48. The number of likely N-dealkylation sites (tertiary alicyclic amines) is 1. The lowest BCUT2D eigenvalue weighted by Crippen LogP contribution is -2.51. The number of carboxylic acids is 1. The van der Waals surface area contributed by atoms with E-state index in [1.165, 1.54) is 42.5 Å². The van der Waals surface area contributed by atoms with Crippen molar-refractivity contribution < 1.29 is 14.6 Å². The number of aryl methyl sites for hydroxylation is 1. The van der Waals surface area contributed by atoms with Crippen molar-refractivity contribution in [3.63, 3.8) is 0 Å². The molecule has 3 aromatic rings. The van der Waals surface area contributed by atoms with Gasteiger partial charge >= 0.3 is 5.97 Å². The third kappa shape index (κ3) is 9.92. The molecule has 1 saturated carbocycles. The maximum atomic E-state index is 11.3. The first-order valence-electron chi connectivity index (χ1n) is 18.7. The minimum atomic E-state index is -0.746. The number of hydrogen-bond acceptors (Lipinski definition) is 7. The Morgan fingerprint density at radius 1 is 0.920 bits per heavy atom. The van der Waals surface area contributed by atoms with Crippen molar-refractivity contribution in [2.45, 2.75) is 77.4 Å². The number of anilines is 2. The van der Waals surface area contributed by atoms with Crippen LogP contribution in [0.1, 0.15) is 63.0 Å². The normalized spacial score (nSPS) is 20.0. The topological polar surface area (TPSA) is 80.3 Å². The van der Waals surface area contributed by atoms with Crippen LogP contribution >= 0.6 is 0 Å². The van der Waals surface area contributed by atoms with Gasteiger partial charge in [-0.15, -0.1) is 0 Å². The molecule has 6 rings (SSSR count). The van der Waals surface area contributed by atoms with Crippen molar-refractivity contribution in [1.29, 1.82) is 0 Å². The summed E-state index contributed by atoms with van der Waals surface area (Å²) >= 11 is 0. The molecule has 3 fully saturated rings. The van der Waals surface area contributed by atoms with E-state index in [2.05, 4.69) is 106 Å². The predicted octanol–water partition coefficient (Wildman–Crippen LogP) is 7.76. The molecule has 0 amide bonds. The summed E-state index contributed by atoms with van der Waals surface area (Å²) in [4.78, 5) is 18.5. The summed E-state index contributed by atoms with van der Waals surface area (Å²) in [6, 6.07) is 28.0. The number of unbranched alkanes of at least 4 members (excludes halogenated alkanes) is 2. The highest BCUT2D eigenvalue weighted by Crippen LogP contribution is 2.37. The highest BCUT2D eigenvalue weighted by atomic mass is 16.5. The number of aliphatic carboxylic acids is 1. The largest absolute Gasteiger partial charge is 0.489 e. The number of piperazine rings is 1. The fourth-order valence-corrected chi connectivity index (χ4v) is 7.34. The molecule has 2 saturated heterocycles. The van der Waals surface area contributed by atoms with E-state index in [1.807, 2.05) is 18.2 Å². The van der Waals surface area contributed by atoms with Crippen molar-refractivity contribution in [2.24, 2.45) is 0 Å².